The molecule has 0 bridgehead atoms. The Morgan fingerprint density at radius 2 is 1.39 bits per heavy atom. The SMILES string of the molecule is CO/C(=C\C(C)(OC)C(C(C)C)C(C)C)C(C)C. The minimum Gasteiger partial charge on any atom is -0.501 e. The Morgan fingerprint density at radius 3 is 1.61 bits per heavy atom. The Morgan fingerprint density at radius 1 is 0.944 bits per heavy atom. The van der Waals surface area contributed by atoms with E-state index in [4.69, 9.17) is 9.47 Å². The van der Waals surface area contributed by atoms with Crippen LogP contribution in [0.3, 0.4) is 0 Å². The highest BCUT2D eigenvalue weighted by molar-refractivity contribution is 5.10. The van der Waals surface area contributed by atoms with Crippen molar-refractivity contribution in [2.45, 2.75) is 54.1 Å². The summed E-state index contributed by atoms with van der Waals surface area (Å²) in [5, 5.41) is 0. The van der Waals surface area contributed by atoms with Crippen LogP contribution in [0.2, 0.25) is 0 Å². The maximum Gasteiger partial charge on any atom is 0.0969 e. The maximum atomic E-state index is 5.85. The van der Waals surface area contributed by atoms with E-state index in [-0.39, 0.29) is 5.60 Å². The van der Waals surface area contributed by atoms with Crippen molar-refractivity contribution in [1.82, 2.24) is 0 Å². The molecule has 0 spiro atoms. The molecule has 0 aliphatic rings. The van der Waals surface area contributed by atoms with E-state index in [1.54, 1.807) is 14.2 Å². The lowest BCUT2D eigenvalue weighted by Crippen LogP contribution is -2.41. The zero-order valence-electron chi connectivity index (χ0n) is 13.7. The van der Waals surface area contributed by atoms with Crippen molar-refractivity contribution in [2.75, 3.05) is 14.2 Å². The highest BCUT2D eigenvalue weighted by atomic mass is 16.5. The van der Waals surface area contributed by atoms with Crippen LogP contribution in [0.1, 0.15) is 48.5 Å². The number of hydrogen-bond donors (Lipinski definition) is 0. The zero-order chi connectivity index (χ0) is 14.5. The van der Waals surface area contributed by atoms with Crippen LogP contribution in [-0.4, -0.2) is 19.8 Å². The van der Waals surface area contributed by atoms with Gasteiger partial charge in [-0.05, 0) is 30.8 Å². The molecule has 0 heterocycles. The molecule has 0 aromatic heterocycles. The molecule has 2 nitrogen and oxygen atoms in total. The van der Waals surface area contributed by atoms with Crippen LogP contribution in [0.5, 0.6) is 0 Å². The highest BCUT2D eigenvalue weighted by Gasteiger charge is 2.37. The molecule has 0 aliphatic heterocycles. The minimum absolute atomic E-state index is 0.280. The van der Waals surface area contributed by atoms with Gasteiger partial charge in [0.15, 0.2) is 0 Å². The predicted octanol–water partition coefficient (Wildman–Crippen LogP) is 4.51. The fraction of sp³-hybridized carbons (Fsp3) is 0.875. The van der Waals surface area contributed by atoms with E-state index < -0.39 is 0 Å². The molecule has 0 aliphatic carbocycles. The molecule has 0 fully saturated rings. The van der Waals surface area contributed by atoms with Gasteiger partial charge in [0.25, 0.3) is 0 Å². The lowest BCUT2D eigenvalue weighted by Gasteiger charge is -2.40. The highest BCUT2D eigenvalue weighted by Crippen LogP contribution is 2.36. The molecule has 0 radical (unpaired) electrons. The normalized spacial score (nSPS) is 16.8. The van der Waals surface area contributed by atoms with Crippen LogP contribution in [0.15, 0.2) is 11.8 Å². The second-order valence-corrected chi connectivity index (χ2v) is 6.31. The van der Waals surface area contributed by atoms with Crippen molar-refractivity contribution in [3.63, 3.8) is 0 Å². The molecular formula is C16H32O2. The molecule has 1 atom stereocenters. The Labute approximate surface area is 114 Å². The van der Waals surface area contributed by atoms with E-state index in [9.17, 15) is 0 Å². The van der Waals surface area contributed by atoms with Gasteiger partial charge >= 0.3 is 0 Å². The summed E-state index contributed by atoms with van der Waals surface area (Å²) in [6.45, 7) is 15.5. The minimum atomic E-state index is -0.280. The molecule has 0 saturated carbocycles. The maximum absolute atomic E-state index is 5.85. The first-order chi connectivity index (χ1) is 8.19. The monoisotopic (exact) mass is 256 g/mol. The van der Waals surface area contributed by atoms with Gasteiger partial charge in [0.1, 0.15) is 0 Å². The number of hydrogen-bond acceptors (Lipinski definition) is 2. The molecular weight excluding hydrogens is 224 g/mol. The quantitative estimate of drug-likeness (QED) is 0.624. The van der Waals surface area contributed by atoms with Crippen LogP contribution < -0.4 is 0 Å². The topological polar surface area (TPSA) is 18.5 Å². The van der Waals surface area contributed by atoms with Gasteiger partial charge in [-0.1, -0.05) is 41.5 Å². The molecule has 0 amide bonds. The van der Waals surface area contributed by atoms with E-state index in [0.717, 1.165) is 5.76 Å². The van der Waals surface area contributed by atoms with Crippen molar-refractivity contribution in [2.24, 2.45) is 23.7 Å². The smallest absolute Gasteiger partial charge is 0.0969 e. The van der Waals surface area contributed by atoms with Gasteiger partial charge in [-0.25, -0.2) is 0 Å². The summed E-state index contributed by atoms with van der Waals surface area (Å²) in [7, 11) is 3.53. The van der Waals surface area contributed by atoms with E-state index in [0.29, 0.717) is 23.7 Å². The van der Waals surface area contributed by atoms with Crippen molar-refractivity contribution >= 4 is 0 Å². The Balaban J connectivity index is 5.45. The number of rotatable bonds is 7. The first kappa shape index (κ1) is 17.5. The Hall–Kier alpha value is -0.500. The van der Waals surface area contributed by atoms with Crippen LogP contribution in [0, 0.1) is 23.7 Å². The molecule has 0 N–H and O–H groups in total. The lowest BCUT2D eigenvalue weighted by atomic mass is 9.73. The average molecular weight is 256 g/mol. The van der Waals surface area contributed by atoms with Crippen molar-refractivity contribution in [3.05, 3.63) is 11.8 Å². The van der Waals surface area contributed by atoms with Crippen molar-refractivity contribution < 1.29 is 9.47 Å². The molecule has 0 aromatic carbocycles. The van der Waals surface area contributed by atoms with Crippen LogP contribution in [0.4, 0.5) is 0 Å². The van der Waals surface area contributed by atoms with Gasteiger partial charge in [0.2, 0.25) is 0 Å². The first-order valence-electron chi connectivity index (χ1n) is 7.01. The third-order valence-electron chi connectivity index (χ3n) is 3.77. The van der Waals surface area contributed by atoms with Gasteiger partial charge in [0.05, 0.1) is 18.5 Å². The lowest BCUT2D eigenvalue weighted by molar-refractivity contribution is -0.0411. The van der Waals surface area contributed by atoms with Crippen LogP contribution in [-0.2, 0) is 9.47 Å². The fourth-order valence-electron chi connectivity index (χ4n) is 3.13. The largest absolute Gasteiger partial charge is 0.501 e. The number of ether oxygens (including phenoxy) is 2. The van der Waals surface area contributed by atoms with E-state index >= 15 is 0 Å². The van der Waals surface area contributed by atoms with E-state index in [2.05, 4.69) is 54.5 Å². The first-order valence-corrected chi connectivity index (χ1v) is 7.01. The number of methoxy groups -OCH3 is 2. The molecule has 0 saturated heterocycles. The molecule has 18 heavy (non-hydrogen) atoms. The van der Waals surface area contributed by atoms with Gasteiger partial charge in [0, 0.05) is 13.0 Å². The average Bonchev–Trinajstić information content (AvgIpc) is 2.24. The van der Waals surface area contributed by atoms with Gasteiger partial charge in [-0.15, -0.1) is 0 Å². The summed E-state index contributed by atoms with van der Waals surface area (Å²) in [5.74, 6) is 2.98. The summed E-state index contributed by atoms with van der Waals surface area (Å²) >= 11 is 0. The Kier molecular flexibility index (Phi) is 6.98. The van der Waals surface area contributed by atoms with Crippen LogP contribution in [0.25, 0.3) is 0 Å². The third-order valence-corrected chi connectivity index (χ3v) is 3.77. The van der Waals surface area contributed by atoms with E-state index in [1.807, 2.05) is 0 Å². The molecule has 0 rings (SSSR count). The standard InChI is InChI=1S/C16H32O2/c1-11(2)14(17-8)10-16(7,18-9)15(12(3)4)13(5)6/h10-13,15H,1-9H3/b14-10-. The summed E-state index contributed by atoms with van der Waals surface area (Å²) in [5.41, 5.74) is -0.280. The summed E-state index contributed by atoms with van der Waals surface area (Å²) in [6.07, 6.45) is 2.17. The molecule has 0 aromatic rings. The van der Waals surface area contributed by atoms with Crippen molar-refractivity contribution in [3.8, 4) is 0 Å². The summed E-state index contributed by atoms with van der Waals surface area (Å²) < 4.78 is 11.3. The van der Waals surface area contributed by atoms with E-state index in [1.165, 1.54) is 0 Å². The van der Waals surface area contributed by atoms with Crippen molar-refractivity contribution in [1.29, 1.82) is 0 Å². The second-order valence-electron chi connectivity index (χ2n) is 6.31. The third kappa shape index (κ3) is 4.31. The molecule has 2 heteroatoms. The number of allylic oxidation sites excluding steroid dienone is 1. The summed E-state index contributed by atoms with van der Waals surface area (Å²) in [4.78, 5) is 0. The zero-order valence-corrected chi connectivity index (χ0v) is 13.7. The summed E-state index contributed by atoms with van der Waals surface area (Å²) in [6, 6.07) is 0. The van der Waals surface area contributed by atoms with Gasteiger partial charge < -0.3 is 9.47 Å². The van der Waals surface area contributed by atoms with Gasteiger partial charge in [-0.2, -0.15) is 0 Å². The molecule has 1 unspecified atom stereocenters. The van der Waals surface area contributed by atoms with Gasteiger partial charge in [-0.3, -0.25) is 0 Å². The fourth-order valence-corrected chi connectivity index (χ4v) is 3.13. The Bertz CT molecular complexity index is 258. The molecule has 108 valence electrons. The predicted molar refractivity (Wildman–Crippen MR) is 78.5 cm³/mol. The second kappa shape index (κ2) is 7.18. The van der Waals surface area contributed by atoms with Crippen LogP contribution >= 0.6 is 0 Å².